The first-order valence-corrected chi connectivity index (χ1v) is 4.24. The fraction of sp³-hybridized carbons (Fsp3) is 0.875. The fourth-order valence-electron chi connectivity index (χ4n) is 1.55. The third kappa shape index (κ3) is 2.11. The minimum Gasteiger partial charge on any atom is -0.388 e. The highest BCUT2D eigenvalue weighted by Gasteiger charge is 2.30. The molecule has 1 aliphatic heterocycles. The molecule has 1 saturated heterocycles. The molecule has 0 saturated carbocycles. The van der Waals surface area contributed by atoms with Crippen LogP contribution < -0.4 is 5.32 Å². The van der Waals surface area contributed by atoms with Crippen molar-refractivity contribution in [3.8, 4) is 0 Å². The summed E-state index contributed by atoms with van der Waals surface area (Å²) in [6.07, 6.45) is 1.65. The maximum atomic E-state index is 11.2. The predicted molar refractivity (Wildman–Crippen MR) is 45.9 cm³/mol. The second-order valence-electron chi connectivity index (χ2n) is 3.58. The van der Waals surface area contributed by atoms with E-state index in [1.807, 2.05) is 0 Å². The number of nitrogens with one attached hydrogen (secondary N) is 1. The summed E-state index contributed by atoms with van der Waals surface area (Å²) >= 11 is 0. The summed E-state index contributed by atoms with van der Waals surface area (Å²) < 4.78 is 0. The van der Waals surface area contributed by atoms with Crippen molar-refractivity contribution >= 4 is 6.03 Å². The zero-order valence-electron chi connectivity index (χ0n) is 7.63. The lowest BCUT2D eigenvalue weighted by molar-refractivity contribution is -0.00223. The van der Waals surface area contributed by atoms with Gasteiger partial charge < -0.3 is 15.3 Å². The van der Waals surface area contributed by atoms with Gasteiger partial charge in [-0.2, -0.15) is 0 Å². The van der Waals surface area contributed by atoms with E-state index in [-0.39, 0.29) is 6.03 Å². The largest absolute Gasteiger partial charge is 0.388 e. The molecule has 1 fully saturated rings. The summed E-state index contributed by atoms with van der Waals surface area (Å²) in [5.74, 6) is 0. The monoisotopic (exact) mass is 172 g/mol. The Morgan fingerprint density at radius 2 is 2.33 bits per heavy atom. The Balaban J connectivity index is 2.52. The van der Waals surface area contributed by atoms with Gasteiger partial charge >= 0.3 is 6.03 Å². The van der Waals surface area contributed by atoms with Crippen LogP contribution in [0.15, 0.2) is 0 Å². The maximum Gasteiger partial charge on any atom is 0.317 e. The number of hydrogen-bond acceptors (Lipinski definition) is 2. The van der Waals surface area contributed by atoms with Crippen LogP contribution in [0.25, 0.3) is 0 Å². The molecule has 0 spiro atoms. The average molecular weight is 172 g/mol. The summed E-state index contributed by atoms with van der Waals surface area (Å²) in [7, 11) is 1.60. The smallest absolute Gasteiger partial charge is 0.317 e. The van der Waals surface area contributed by atoms with Crippen LogP contribution in [0, 0.1) is 0 Å². The molecule has 12 heavy (non-hydrogen) atoms. The quantitative estimate of drug-likeness (QED) is 0.547. The SMILES string of the molecule is CNC(=O)N1CCCC(C)(O)C1. The number of hydrogen-bond donors (Lipinski definition) is 2. The van der Waals surface area contributed by atoms with Gasteiger partial charge in [0, 0.05) is 13.6 Å². The number of β-amino-alcohol motifs (C(OH)–C–C–N with tert-alkyl or cyclic N) is 1. The van der Waals surface area contributed by atoms with Gasteiger partial charge in [-0.1, -0.05) is 0 Å². The summed E-state index contributed by atoms with van der Waals surface area (Å²) in [6, 6.07) is -0.102. The van der Waals surface area contributed by atoms with E-state index < -0.39 is 5.60 Å². The van der Waals surface area contributed by atoms with E-state index >= 15 is 0 Å². The first-order valence-electron chi connectivity index (χ1n) is 4.24. The van der Waals surface area contributed by atoms with Crippen molar-refractivity contribution in [3.05, 3.63) is 0 Å². The highest BCUT2D eigenvalue weighted by Crippen LogP contribution is 2.19. The molecule has 0 aromatic rings. The average Bonchev–Trinajstić information content (AvgIpc) is 2.01. The molecule has 2 N–H and O–H groups in total. The molecule has 4 nitrogen and oxygen atoms in total. The minimum absolute atomic E-state index is 0.102. The normalized spacial score (nSPS) is 30.1. The number of aliphatic hydroxyl groups is 1. The molecular weight excluding hydrogens is 156 g/mol. The number of carbonyl (C=O) groups is 1. The molecule has 0 bridgehead atoms. The highest BCUT2D eigenvalue weighted by molar-refractivity contribution is 5.73. The standard InChI is InChI=1S/C8H16N2O2/c1-8(12)4-3-5-10(6-8)7(11)9-2/h12H,3-6H2,1-2H3,(H,9,11). The van der Waals surface area contributed by atoms with E-state index in [4.69, 9.17) is 0 Å². The van der Waals surface area contributed by atoms with Crippen molar-refractivity contribution in [1.29, 1.82) is 0 Å². The highest BCUT2D eigenvalue weighted by atomic mass is 16.3. The summed E-state index contributed by atoms with van der Waals surface area (Å²) in [5, 5.41) is 12.2. The Bertz CT molecular complexity index is 180. The van der Waals surface area contributed by atoms with Crippen LogP contribution in [0.2, 0.25) is 0 Å². The van der Waals surface area contributed by atoms with E-state index in [2.05, 4.69) is 5.32 Å². The fourth-order valence-corrected chi connectivity index (χ4v) is 1.55. The van der Waals surface area contributed by atoms with Gasteiger partial charge in [0.1, 0.15) is 0 Å². The molecule has 4 heteroatoms. The van der Waals surface area contributed by atoms with E-state index in [1.54, 1.807) is 18.9 Å². The lowest BCUT2D eigenvalue weighted by Gasteiger charge is -2.36. The molecule has 1 unspecified atom stereocenters. The Morgan fingerprint density at radius 3 is 2.83 bits per heavy atom. The predicted octanol–water partition coefficient (Wildman–Crippen LogP) is 0.173. The van der Waals surface area contributed by atoms with E-state index in [0.717, 1.165) is 19.4 Å². The van der Waals surface area contributed by atoms with Gasteiger partial charge in [-0.3, -0.25) is 0 Å². The van der Waals surface area contributed by atoms with Crippen LogP contribution in [-0.2, 0) is 0 Å². The van der Waals surface area contributed by atoms with Crippen molar-refractivity contribution in [2.75, 3.05) is 20.1 Å². The van der Waals surface area contributed by atoms with Gasteiger partial charge in [0.25, 0.3) is 0 Å². The van der Waals surface area contributed by atoms with Gasteiger partial charge in [0.05, 0.1) is 12.1 Å². The summed E-state index contributed by atoms with van der Waals surface area (Å²) in [5.41, 5.74) is -0.704. The van der Waals surface area contributed by atoms with Crippen molar-refractivity contribution in [1.82, 2.24) is 10.2 Å². The summed E-state index contributed by atoms with van der Waals surface area (Å²) in [4.78, 5) is 12.8. The van der Waals surface area contributed by atoms with Crippen LogP contribution in [0.3, 0.4) is 0 Å². The maximum absolute atomic E-state index is 11.2. The topological polar surface area (TPSA) is 52.6 Å². The van der Waals surface area contributed by atoms with Crippen molar-refractivity contribution in [3.63, 3.8) is 0 Å². The van der Waals surface area contributed by atoms with Crippen LogP contribution in [0.1, 0.15) is 19.8 Å². The lowest BCUT2D eigenvalue weighted by Crippen LogP contribution is -2.51. The molecule has 2 amide bonds. The Morgan fingerprint density at radius 1 is 1.67 bits per heavy atom. The van der Waals surface area contributed by atoms with Crippen LogP contribution in [-0.4, -0.2) is 41.8 Å². The molecule has 0 radical (unpaired) electrons. The molecule has 70 valence electrons. The zero-order chi connectivity index (χ0) is 9.19. The molecule has 1 atom stereocenters. The molecule has 0 aromatic heterocycles. The Kier molecular flexibility index (Phi) is 2.57. The number of amides is 2. The number of urea groups is 1. The van der Waals surface area contributed by atoms with Crippen molar-refractivity contribution in [2.24, 2.45) is 0 Å². The molecule has 1 heterocycles. The van der Waals surface area contributed by atoms with Crippen molar-refractivity contribution < 1.29 is 9.90 Å². The number of rotatable bonds is 0. The molecular formula is C8H16N2O2. The van der Waals surface area contributed by atoms with Crippen LogP contribution in [0.4, 0.5) is 4.79 Å². The first kappa shape index (κ1) is 9.32. The first-order chi connectivity index (χ1) is 5.55. The summed E-state index contributed by atoms with van der Waals surface area (Å²) in [6.45, 7) is 2.95. The molecule has 0 aliphatic carbocycles. The number of likely N-dealkylation sites (tertiary alicyclic amines) is 1. The Hall–Kier alpha value is -0.770. The van der Waals surface area contributed by atoms with Gasteiger partial charge in [-0.25, -0.2) is 4.79 Å². The molecule has 0 aromatic carbocycles. The van der Waals surface area contributed by atoms with E-state index in [1.165, 1.54) is 0 Å². The molecule has 1 rings (SSSR count). The van der Waals surface area contributed by atoms with E-state index in [0.29, 0.717) is 6.54 Å². The second-order valence-corrected chi connectivity index (χ2v) is 3.58. The number of carbonyl (C=O) groups excluding carboxylic acids is 1. The third-order valence-corrected chi connectivity index (χ3v) is 2.18. The third-order valence-electron chi connectivity index (χ3n) is 2.18. The molecule has 1 aliphatic rings. The van der Waals surface area contributed by atoms with Crippen LogP contribution in [0.5, 0.6) is 0 Å². The number of piperidine rings is 1. The van der Waals surface area contributed by atoms with Gasteiger partial charge in [-0.05, 0) is 19.8 Å². The lowest BCUT2D eigenvalue weighted by atomic mass is 9.95. The Labute approximate surface area is 72.6 Å². The number of nitrogens with zero attached hydrogens (tertiary/aromatic N) is 1. The van der Waals surface area contributed by atoms with Crippen LogP contribution >= 0.6 is 0 Å². The second kappa shape index (κ2) is 3.31. The van der Waals surface area contributed by atoms with Gasteiger partial charge in [0.2, 0.25) is 0 Å². The van der Waals surface area contributed by atoms with Gasteiger partial charge in [0.15, 0.2) is 0 Å². The zero-order valence-corrected chi connectivity index (χ0v) is 7.63. The van der Waals surface area contributed by atoms with Crippen molar-refractivity contribution in [2.45, 2.75) is 25.4 Å². The minimum atomic E-state index is -0.704. The van der Waals surface area contributed by atoms with E-state index in [9.17, 15) is 9.90 Å². The van der Waals surface area contributed by atoms with Gasteiger partial charge in [-0.15, -0.1) is 0 Å².